The number of benzene rings is 2. The fourth-order valence-electron chi connectivity index (χ4n) is 1.75. The number of nitrogens with zero attached hydrogens (tertiary/aromatic N) is 1. The summed E-state index contributed by atoms with van der Waals surface area (Å²) in [6, 6.07) is 16.8. The van der Waals surface area contributed by atoms with Crippen molar-refractivity contribution in [2.24, 2.45) is 0 Å². The zero-order valence-corrected chi connectivity index (χ0v) is 12.2. The molecular formula is C16H15N3OS. The number of nitriles is 1. The molecule has 0 radical (unpaired) electrons. The van der Waals surface area contributed by atoms with Crippen LogP contribution in [0.1, 0.15) is 5.56 Å². The summed E-state index contributed by atoms with van der Waals surface area (Å²) < 4.78 is 0. The number of thioether (sulfide) groups is 1. The molecule has 0 spiro atoms. The predicted octanol–water partition coefficient (Wildman–Crippen LogP) is 3.07. The second-order valence-corrected chi connectivity index (χ2v) is 5.42. The highest BCUT2D eigenvalue weighted by Crippen LogP contribution is 2.24. The van der Waals surface area contributed by atoms with E-state index >= 15 is 0 Å². The molecule has 3 N–H and O–H groups in total. The van der Waals surface area contributed by atoms with Crippen LogP contribution in [0.25, 0.3) is 0 Å². The van der Waals surface area contributed by atoms with Crippen molar-refractivity contribution in [2.45, 2.75) is 11.3 Å². The zero-order valence-electron chi connectivity index (χ0n) is 11.4. The van der Waals surface area contributed by atoms with Gasteiger partial charge < -0.3 is 11.1 Å². The fraction of sp³-hybridized carbons (Fsp3) is 0.125. The van der Waals surface area contributed by atoms with Crippen LogP contribution in [0.3, 0.4) is 0 Å². The lowest BCUT2D eigenvalue weighted by molar-refractivity contribution is -0.113. The number of carbonyl (C=O) groups is 1. The zero-order chi connectivity index (χ0) is 15.1. The predicted molar refractivity (Wildman–Crippen MR) is 86.0 cm³/mol. The maximum absolute atomic E-state index is 11.9. The molecular weight excluding hydrogens is 282 g/mol. The molecule has 2 rings (SSSR count). The quantitative estimate of drug-likeness (QED) is 0.656. The summed E-state index contributed by atoms with van der Waals surface area (Å²) in [7, 11) is 0. The molecule has 0 saturated heterocycles. The number of nitrogens with one attached hydrogen (secondary N) is 1. The van der Waals surface area contributed by atoms with Gasteiger partial charge in [0.25, 0.3) is 0 Å². The lowest BCUT2D eigenvalue weighted by Crippen LogP contribution is -2.14. The third-order valence-electron chi connectivity index (χ3n) is 2.80. The first-order valence-electron chi connectivity index (χ1n) is 6.42. The molecule has 0 fully saturated rings. The summed E-state index contributed by atoms with van der Waals surface area (Å²) in [6.45, 7) is 0. The number of anilines is 2. The monoisotopic (exact) mass is 297 g/mol. The van der Waals surface area contributed by atoms with Crippen LogP contribution < -0.4 is 11.1 Å². The second-order valence-electron chi connectivity index (χ2n) is 4.41. The molecule has 1 amide bonds. The molecule has 0 atom stereocenters. The van der Waals surface area contributed by atoms with E-state index in [1.54, 1.807) is 12.1 Å². The first-order valence-corrected chi connectivity index (χ1v) is 7.40. The molecule has 0 bridgehead atoms. The Hall–Kier alpha value is -2.45. The maximum Gasteiger partial charge on any atom is 0.234 e. The number of rotatable bonds is 5. The van der Waals surface area contributed by atoms with Crippen LogP contribution in [0.5, 0.6) is 0 Å². The Bertz CT molecular complexity index is 662. The third-order valence-corrected chi connectivity index (χ3v) is 3.89. The molecule has 5 heteroatoms. The van der Waals surface area contributed by atoms with Crippen molar-refractivity contribution in [1.82, 2.24) is 0 Å². The van der Waals surface area contributed by atoms with Crippen LogP contribution in [-0.2, 0) is 11.2 Å². The molecule has 0 saturated carbocycles. The Kier molecular flexibility index (Phi) is 5.24. The number of nitrogen functional groups attached to an aromatic ring is 1. The molecule has 4 nitrogen and oxygen atoms in total. The van der Waals surface area contributed by atoms with E-state index < -0.39 is 0 Å². The van der Waals surface area contributed by atoms with Gasteiger partial charge in [-0.2, -0.15) is 5.26 Å². The van der Waals surface area contributed by atoms with E-state index in [0.29, 0.717) is 17.9 Å². The molecule has 0 heterocycles. The van der Waals surface area contributed by atoms with Gasteiger partial charge in [-0.1, -0.05) is 24.3 Å². The van der Waals surface area contributed by atoms with E-state index in [-0.39, 0.29) is 5.91 Å². The standard InChI is InChI=1S/C16H15N3OS/c17-10-9-12-5-7-13(8-6-12)19-16(20)11-21-15-4-2-1-3-14(15)18/h1-8H,9,11,18H2,(H,19,20). The molecule has 0 aromatic heterocycles. The van der Waals surface area contributed by atoms with E-state index in [9.17, 15) is 4.79 Å². The average molecular weight is 297 g/mol. The molecule has 0 aliphatic carbocycles. The fourth-order valence-corrected chi connectivity index (χ4v) is 2.52. The van der Waals surface area contributed by atoms with E-state index in [0.717, 1.165) is 16.1 Å². The summed E-state index contributed by atoms with van der Waals surface area (Å²) in [5.74, 6) is 0.213. The first kappa shape index (κ1) is 14.9. The normalized spacial score (nSPS) is 9.86. The minimum Gasteiger partial charge on any atom is -0.398 e. The van der Waals surface area contributed by atoms with E-state index in [1.165, 1.54) is 11.8 Å². The highest BCUT2D eigenvalue weighted by Gasteiger charge is 2.05. The van der Waals surface area contributed by atoms with Crippen LogP contribution in [0, 0.1) is 11.3 Å². The van der Waals surface area contributed by atoms with Crippen molar-refractivity contribution in [3.63, 3.8) is 0 Å². The number of amides is 1. The number of nitrogens with two attached hydrogens (primary N) is 1. The minimum absolute atomic E-state index is 0.0868. The van der Waals surface area contributed by atoms with Crippen LogP contribution in [0.15, 0.2) is 53.4 Å². The largest absolute Gasteiger partial charge is 0.398 e. The molecule has 21 heavy (non-hydrogen) atoms. The Morgan fingerprint density at radius 3 is 2.57 bits per heavy atom. The van der Waals surface area contributed by atoms with Crippen molar-refractivity contribution in [1.29, 1.82) is 5.26 Å². The number of hydrogen-bond acceptors (Lipinski definition) is 4. The average Bonchev–Trinajstić information content (AvgIpc) is 2.49. The highest BCUT2D eigenvalue weighted by molar-refractivity contribution is 8.00. The highest BCUT2D eigenvalue weighted by atomic mass is 32.2. The smallest absolute Gasteiger partial charge is 0.234 e. The van der Waals surface area contributed by atoms with Crippen LogP contribution in [0.2, 0.25) is 0 Å². The molecule has 0 unspecified atom stereocenters. The number of hydrogen-bond donors (Lipinski definition) is 2. The number of carbonyl (C=O) groups excluding carboxylic acids is 1. The molecule has 2 aromatic carbocycles. The van der Waals surface area contributed by atoms with Gasteiger partial charge >= 0.3 is 0 Å². The molecule has 2 aromatic rings. The Morgan fingerprint density at radius 2 is 1.90 bits per heavy atom. The molecule has 0 aliphatic heterocycles. The summed E-state index contributed by atoms with van der Waals surface area (Å²) in [5, 5.41) is 11.4. The van der Waals surface area contributed by atoms with Gasteiger partial charge in [0.1, 0.15) is 0 Å². The summed E-state index contributed by atoms with van der Waals surface area (Å²) >= 11 is 1.41. The third kappa shape index (κ3) is 4.55. The van der Waals surface area contributed by atoms with Crippen molar-refractivity contribution < 1.29 is 4.79 Å². The van der Waals surface area contributed by atoms with Crippen molar-refractivity contribution >= 4 is 29.0 Å². The van der Waals surface area contributed by atoms with Gasteiger partial charge in [-0.15, -0.1) is 11.8 Å². The lowest BCUT2D eigenvalue weighted by Gasteiger charge is -2.07. The minimum atomic E-state index is -0.0868. The van der Waals surface area contributed by atoms with E-state index in [1.807, 2.05) is 36.4 Å². The summed E-state index contributed by atoms with van der Waals surface area (Å²) in [5.41, 5.74) is 8.16. The van der Waals surface area contributed by atoms with E-state index in [2.05, 4.69) is 11.4 Å². The second kappa shape index (κ2) is 7.36. The summed E-state index contributed by atoms with van der Waals surface area (Å²) in [6.07, 6.45) is 0.372. The van der Waals surface area contributed by atoms with Crippen LogP contribution in [-0.4, -0.2) is 11.7 Å². The molecule has 106 valence electrons. The van der Waals surface area contributed by atoms with Crippen molar-refractivity contribution in [3.8, 4) is 6.07 Å². The van der Waals surface area contributed by atoms with Crippen LogP contribution >= 0.6 is 11.8 Å². The van der Waals surface area contributed by atoms with Crippen molar-refractivity contribution in [3.05, 3.63) is 54.1 Å². The molecule has 0 aliphatic rings. The maximum atomic E-state index is 11.9. The van der Waals surface area contributed by atoms with Crippen LogP contribution in [0.4, 0.5) is 11.4 Å². The van der Waals surface area contributed by atoms with Crippen molar-refractivity contribution in [2.75, 3.05) is 16.8 Å². The lowest BCUT2D eigenvalue weighted by atomic mass is 10.1. The Balaban J connectivity index is 1.87. The van der Waals surface area contributed by atoms with Gasteiger partial charge in [0.05, 0.1) is 18.2 Å². The van der Waals surface area contributed by atoms with E-state index in [4.69, 9.17) is 11.0 Å². The van der Waals surface area contributed by atoms with Gasteiger partial charge in [0.15, 0.2) is 0 Å². The van der Waals surface area contributed by atoms with Gasteiger partial charge in [-0.3, -0.25) is 4.79 Å². The Labute approximate surface area is 128 Å². The van der Waals surface area contributed by atoms with Gasteiger partial charge in [0, 0.05) is 16.3 Å². The number of para-hydroxylation sites is 1. The summed E-state index contributed by atoms with van der Waals surface area (Å²) in [4.78, 5) is 12.8. The van der Waals surface area contributed by atoms with Gasteiger partial charge in [-0.25, -0.2) is 0 Å². The first-order chi connectivity index (χ1) is 10.2. The van der Waals surface area contributed by atoms with Gasteiger partial charge in [-0.05, 0) is 29.8 Å². The Morgan fingerprint density at radius 1 is 1.19 bits per heavy atom. The van der Waals surface area contributed by atoms with Gasteiger partial charge in [0.2, 0.25) is 5.91 Å². The topological polar surface area (TPSA) is 78.9 Å². The SMILES string of the molecule is N#CCc1ccc(NC(=O)CSc2ccccc2N)cc1.